The van der Waals surface area contributed by atoms with Crippen molar-refractivity contribution in [1.82, 2.24) is 5.32 Å². The molecule has 7 heteroatoms. The number of hydrogen-bond donors (Lipinski definition) is 2. The maximum Gasteiger partial charge on any atom is 0.416 e. The average molecular weight is 379 g/mol. The van der Waals surface area contributed by atoms with Crippen molar-refractivity contribution in [3.63, 3.8) is 0 Å². The Morgan fingerprint density at radius 3 is 2.37 bits per heavy atom. The Labute approximate surface area is 155 Å². The molecule has 1 atom stereocenters. The number of alkyl halides is 3. The third kappa shape index (κ3) is 3.93. The number of methoxy groups -OCH3 is 1. The average Bonchev–Trinajstić information content (AvgIpc) is 3.47. The summed E-state index contributed by atoms with van der Waals surface area (Å²) in [6.07, 6.45) is -4.17. The zero-order chi connectivity index (χ0) is 19.7. The lowest BCUT2D eigenvalue weighted by molar-refractivity contribution is -0.137. The molecule has 0 radical (unpaired) electrons. The van der Waals surface area contributed by atoms with Gasteiger partial charge in [0.25, 0.3) is 0 Å². The highest BCUT2D eigenvalue weighted by Crippen LogP contribution is 2.51. The number of aliphatic hydroxyl groups excluding tert-OH is 1. The Morgan fingerprint density at radius 1 is 1.19 bits per heavy atom. The molecule has 1 aliphatic rings. The van der Waals surface area contributed by atoms with Crippen LogP contribution in [0.15, 0.2) is 48.5 Å². The fourth-order valence-corrected chi connectivity index (χ4v) is 3.15. The van der Waals surface area contributed by atoms with Crippen LogP contribution in [0.5, 0.6) is 5.75 Å². The first kappa shape index (κ1) is 19.2. The number of ether oxygens (including phenoxy) is 1. The highest BCUT2D eigenvalue weighted by molar-refractivity contribution is 5.92. The maximum atomic E-state index is 12.7. The predicted molar refractivity (Wildman–Crippen MR) is 93.3 cm³/mol. The monoisotopic (exact) mass is 379 g/mol. The number of hydrogen-bond acceptors (Lipinski definition) is 3. The van der Waals surface area contributed by atoms with Crippen molar-refractivity contribution in [3.8, 4) is 5.75 Å². The summed E-state index contributed by atoms with van der Waals surface area (Å²) >= 11 is 0. The molecule has 1 unspecified atom stereocenters. The van der Waals surface area contributed by atoms with Crippen LogP contribution < -0.4 is 10.1 Å². The van der Waals surface area contributed by atoms with Crippen LogP contribution in [0.25, 0.3) is 0 Å². The number of para-hydroxylation sites is 1. The molecule has 0 aromatic heterocycles. The molecule has 2 N–H and O–H groups in total. The van der Waals surface area contributed by atoms with E-state index in [2.05, 4.69) is 5.32 Å². The van der Waals surface area contributed by atoms with Gasteiger partial charge in [-0.1, -0.05) is 30.3 Å². The number of carbonyl (C=O) groups excluding carboxylic acids is 1. The molecule has 1 amide bonds. The summed E-state index contributed by atoms with van der Waals surface area (Å²) in [5.74, 6) is 0.409. The SMILES string of the molecule is COc1ccccc1C1(C(=O)NCC(O)c2ccc(C(F)(F)F)cc2)CC1. The molecule has 0 heterocycles. The van der Waals surface area contributed by atoms with Gasteiger partial charge in [-0.15, -0.1) is 0 Å². The normalized spacial score (nSPS) is 16.5. The molecular formula is C20H20F3NO3. The first-order valence-corrected chi connectivity index (χ1v) is 8.55. The molecule has 4 nitrogen and oxygen atoms in total. The minimum atomic E-state index is -4.43. The van der Waals surface area contributed by atoms with Gasteiger partial charge in [0.15, 0.2) is 0 Å². The maximum absolute atomic E-state index is 12.7. The standard InChI is InChI=1S/C20H20F3NO3/c1-27-17-5-3-2-4-15(17)19(10-11-19)18(26)24-12-16(25)13-6-8-14(9-7-13)20(21,22)23/h2-9,16,25H,10-12H2,1H3,(H,24,26). The largest absolute Gasteiger partial charge is 0.496 e. The molecule has 0 aliphatic heterocycles. The molecule has 27 heavy (non-hydrogen) atoms. The third-order valence-electron chi connectivity index (χ3n) is 4.89. The second kappa shape index (κ2) is 7.23. The zero-order valence-electron chi connectivity index (χ0n) is 14.7. The van der Waals surface area contributed by atoms with Gasteiger partial charge >= 0.3 is 6.18 Å². The van der Waals surface area contributed by atoms with Gasteiger partial charge in [0.1, 0.15) is 5.75 Å². The molecule has 2 aromatic carbocycles. The van der Waals surface area contributed by atoms with Crippen LogP contribution in [-0.4, -0.2) is 24.7 Å². The number of nitrogens with one attached hydrogen (secondary N) is 1. The number of benzene rings is 2. The van der Waals surface area contributed by atoms with Crippen LogP contribution >= 0.6 is 0 Å². The molecule has 0 spiro atoms. The quantitative estimate of drug-likeness (QED) is 0.806. The van der Waals surface area contributed by atoms with Gasteiger partial charge in [0.05, 0.1) is 24.2 Å². The van der Waals surface area contributed by atoms with Gasteiger partial charge in [0.2, 0.25) is 5.91 Å². The Balaban J connectivity index is 1.65. The van der Waals surface area contributed by atoms with Crippen molar-refractivity contribution in [1.29, 1.82) is 0 Å². The number of carbonyl (C=O) groups is 1. The molecular weight excluding hydrogens is 359 g/mol. The summed E-state index contributed by atoms with van der Waals surface area (Å²) < 4.78 is 43.2. The Kier molecular flexibility index (Phi) is 5.15. The summed E-state index contributed by atoms with van der Waals surface area (Å²) in [6, 6.07) is 11.6. The molecule has 1 fully saturated rings. The minimum Gasteiger partial charge on any atom is -0.496 e. The third-order valence-corrected chi connectivity index (χ3v) is 4.89. The van der Waals surface area contributed by atoms with E-state index in [4.69, 9.17) is 4.74 Å². The van der Waals surface area contributed by atoms with Crippen molar-refractivity contribution in [2.75, 3.05) is 13.7 Å². The molecule has 3 rings (SSSR count). The van der Waals surface area contributed by atoms with Crippen molar-refractivity contribution in [2.45, 2.75) is 30.5 Å². The summed E-state index contributed by atoms with van der Waals surface area (Å²) in [5.41, 5.74) is -0.345. The molecule has 1 saturated carbocycles. The molecule has 0 bridgehead atoms. The van der Waals surface area contributed by atoms with Gasteiger partial charge < -0.3 is 15.2 Å². The topological polar surface area (TPSA) is 58.6 Å². The minimum absolute atomic E-state index is 0.0822. The molecule has 1 aliphatic carbocycles. The fourth-order valence-electron chi connectivity index (χ4n) is 3.15. The Morgan fingerprint density at radius 2 is 1.81 bits per heavy atom. The van der Waals surface area contributed by atoms with Crippen LogP contribution in [-0.2, 0) is 16.4 Å². The fraction of sp³-hybridized carbons (Fsp3) is 0.350. The summed E-state index contributed by atoms with van der Waals surface area (Å²) in [5, 5.41) is 12.9. The van der Waals surface area contributed by atoms with E-state index in [-0.39, 0.29) is 12.5 Å². The summed E-state index contributed by atoms with van der Waals surface area (Å²) in [4.78, 5) is 12.7. The number of amides is 1. The highest BCUT2D eigenvalue weighted by atomic mass is 19.4. The first-order valence-electron chi connectivity index (χ1n) is 8.55. The van der Waals surface area contributed by atoms with E-state index in [1.807, 2.05) is 18.2 Å². The smallest absolute Gasteiger partial charge is 0.416 e. The number of rotatable bonds is 6. The predicted octanol–water partition coefficient (Wildman–Crippen LogP) is 3.60. The van der Waals surface area contributed by atoms with Crippen LogP contribution in [0.3, 0.4) is 0 Å². The van der Waals surface area contributed by atoms with Gasteiger partial charge in [-0.2, -0.15) is 13.2 Å². The van der Waals surface area contributed by atoms with E-state index in [1.54, 1.807) is 13.2 Å². The molecule has 0 saturated heterocycles. The highest BCUT2D eigenvalue weighted by Gasteiger charge is 2.52. The Bertz CT molecular complexity index is 814. The van der Waals surface area contributed by atoms with E-state index < -0.39 is 23.3 Å². The van der Waals surface area contributed by atoms with E-state index >= 15 is 0 Å². The van der Waals surface area contributed by atoms with Gasteiger partial charge in [0, 0.05) is 12.1 Å². The van der Waals surface area contributed by atoms with Crippen molar-refractivity contribution >= 4 is 5.91 Å². The second-order valence-corrected chi connectivity index (χ2v) is 6.63. The van der Waals surface area contributed by atoms with Gasteiger partial charge in [-0.05, 0) is 36.6 Å². The summed E-state index contributed by atoms with van der Waals surface area (Å²) in [7, 11) is 1.54. The van der Waals surface area contributed by atoms with Gasteiger partial charge in [-0.25, -0.2) is 0 Å². The number of aliphatic hydroxyl groups is 1. The lowest BCUT2D eigenvalue weighted by Crippen LogP contribution is -2.37. The van der Waals surface area contributed by atoms with Crippen LogP contribution in [0.2, 0.25) is 0 Å². The second-order valence-electron chi connectivity index (χ2n) is 6.63. The van der Waals surface area contributed by atoms with Crippen LogP contribution in [0, 0.1) is 0 Å². The van der Waals surface area contributed by atoms with Crippen LogP contribution in [0.1, 0.15) is 35.6 Å². The van der Waals surface area contributed by atoms with E-state index in [0.717, 1.165) is 17.7 Å². The van der Waals surface area contributed by atoms with E-state index in [0.29, 0.717) is 24.2 Å². The Hall–Kier alpha value is -2.54. The van der Waals surface area contributed by atoms with E-state index in [9.17, 15) is 23.1 Å². The van der Waals surface area contributed by atoms with E-state index in [1.165, 1.54) is 12.1 Å². The lowest BCUT2D eigenvalue weighted by atomic mass is 9.93. The molecule has 2 aromatic rings. The van der Waals surface area contributed by atoms with Crippen molar-refractivity contribution in [2.24, 2.45) is 0 Å². The van der Waals surface area contributed by atoms with Crippen LogP contribution in [0.4, 0.5) is 13.2 Å². The van der Waals surface area contributed by atoms with Crippen molar-refractivity contribution in [3.05, 3.63) is 65.2 Å². The lowest BCUT2D eigenvalue weighted by Gasteiger charge is -2.20. The van der Waals surface area contributed by atoms with Crippen molar-refractivity contribution < 1.29 is 27.8 Å². The van der Waals surface area contributed by atoms with Gasteiger partial charge in [-0.3, -0.25) is 4.79 Å². The number of halogens is 3. The zero-order valence-corrected chi connectivity index (χ0v) is 14.7. The summed E-state index contributed by atoms with van der Waals surface area (Å²) in [6.45, 7) is -0.0822. The molecule has 144 valence electrons. The first-order chi connectivity index (χ1) is 12.8.